The van der Waals surface area contributed by atoms with Gasteiger partial charge in [-0.1, -0.05) is 37.3 Å². The summed E-state index contributed by atoms with van der Waals surface area (Å²) in [6, 6.07) is 14.7. The Kier molecular flexibility index (Phi) is 6.93. The van der Waals surface area contributed by atoms with Gasteiger partial charge >= 0.3 is 0 Å². The van der Waals surface area contributed by atoms with Gasteiger partial charge in [0.25, 0.3) is 0 Å². The maximum absolute atomic E-state index is 5.95. The summed E-state index contributed by atoms with van der Waals surface area (Å²) in [4.78, 5) is 0. The normalized spacial score (nSPS) is 12.0. The van der Waals surface area contributed by atoms with E-state index in [1.165, 1.54) is 5.56 Å². The molecule has 0 saturated heterocycles. The van der Waals surface area contributed by atoms with Gasteiger partial charge in [0.1, 0.15) is 6.61 Å². The summed E-state index contributed by atoms with van der Waals surface area (Å²) < 4.78 is 12.4. The third kappa shape index (κ3) is 5.26. The van der Waals surface area contributed by atoms with Crippen LogP contribution in [0.1, 0.15) is 31.4 Å². The fourth-order valence-corrected chi connectivity index (χ4v) is 2.79. The molecule has 2 aromatic carbocycles. The monoisotopic (exact) mass is 377 g/mol. The van der Waals surface area contributed by atoms with Crippen molar-refractivity contribution in [1.82, 2.24) is 5.32 Å². The van der Waals surface area contributed by atoms with Gasteiger partial charge in [-0.15, -0.1) is 0 Å². The zero-order chi connectivity index (χ0) is 16.7. The molecule has 0 bridgehead atoms. The van der Waals surface area contributed by atoms with Gasteiger partial charge < -0.3 is 14.8 Å². The minimum atomic E-state index is 0.494. The second kappa shape index (κ2) is 8.94. The Labute approximate surface area is 147 Å². The molecule has 0 heterocycles. The number of nitrogens with one attached hydrogen (secondary N) is 1. The van der Waals surface area contributed by atoms with E-state index in [4.69, 9.17) is 9.47 Å². The molecule has 1 atom stereocenters. The average molecular weight is 378 g/mol. The number of hydrogen-bond acceptors (Lipinski definition) is 3. The number of ether oxygens (including phenoxy) is 2. The van der Waals surface area contributed by atoms with E-state index in [-0.39, 0.29) is 0 Å². The SMILES string of the molecule is CC[C@H](C)NCc1cc(Br)c(OCc2ccccc2)c(OC)c1. The summed E-state index contributed by atoms with van der Waals surface area (Å²) in [5.41, 5.74) is 2.30. The summed E-state index contributed by atoms with van der Waals surface area (Å²) in [5, 5.41) is 3.49. The molecule has 2 aromatic rings. The summed E-state index contributed by atoms with van der Waals surface area (Å²) in [5.74, 6) is 1.49. The van der Waals surface area contributed by atoms with Crippen LogP contribution in [0.25, 0.3) is 0 Å². The molecular formula is C19H24BrNO2. The quantitative estimate of drug-likeness (QED) is 0.707. The van der Waals surface area contributed by atoms with Crippen molar-refractivity contribution in [2.75, 3.05) is 7.11 Å². The van der Waals surface area contributed by atoms with Crippen molar-refractivity contribution in [3.8, 4) is 11.5 Å². The van der Waals surface area contributed by atoms with Crippen molar-refractivity contribution in [3.63, 3.8) is 0 Å². The molecule has 0 aliphatic carbocycles. The number of rotatable bonds is 8. The lowest BCUT2D eigenvalue weighted by Gasteiger charge is -2.16. The largest absolute Gasteiger partial charge is 0.493 e. The number of benzene rings is 2. The minimum absolute atomic E-state index is 0.494. The third-order valence-corrected chi connectivity index (χ3v) is 4.37. The van der Waals surface area contributed by atoms with E-state index in [9.17, 15) is 0 Å². The molecule has 23 heavy (non-hydrogen) atoms. The second-order valence-corrected chi connectivity index (χ2v) is 6.43. The predicted octanol–water partition coefficient (Wildman–Crippen LogP) is 4.92. The van der Waals surface area contributed by atoms with Crippen molar-refractivity contribution in [3.05, 3.63) is 58.1 Å². The third-order valence-electron chi connectivity index (χ3n) is 3.78. The van der Waals surface area contributed by atoms with Crippen molar-refractivity contribution < 1.29 is 9.47 Å². The zero-order valence-corrected chi connectivity index (χ0v) is 15.5. The van der Waals surface area contributed by atoms with E-state index in [0.717, 1.165) is 34.5 Å². The molecule has 2 rings (SSSR count). The van der Waals surface area contributed by atoms with Crippen LogP contribution in [0, 0.1) is 0 Å². The van der Waals surface area contributed by atoms with E-state index in [1.54, 1.807) is 7.11 Å². The Balaban J connectivity index is 2.10. The highest BCUT2D eigenvalue weighted by molar-refractivity contribution is 9.10. The van der Waals surface area contributed by atoms with E-state index in [2.05, 4.69) is 41.2 Å². The first-order chi connectivity index (χ1) is 11.1. The molecule has 0 saturated carbocycles. The molecule has 3 nitrogen and oxygen atoms in total. The molecular weight excluding hydrogens is 354 g/mol. The van der Waals surface area contributed by atoms with Crippen LogP contribution in [0.3, 0.4) is 0 Å². The fraction of sp³-hybridized carbons (Fsp3) is 0.368. The van der Waals surface area contributed by atoms with Crippen LogP contribution in [0.5, 0.6) is 11.5 Å². The Morgan fingerprint density at radius 3 is 2.52 bits per heavy atom. The number of hydrogen-bond donors (Lipinski definition) is 1. The van der Waals surface area contributed by atoms with Crippen LogP contribution in [0.15, 0.2) is 46.9 Å². The highest BCUT2D eigenvalue weighted by Gasteiger charge is 2.12. The lowest BCUT2D eigenvalue weighted by Crippen LogP contribution is -2.24. The number of halogens is 1. The fourth-order valence-electron chi connectivity index (χ4n) is 2.18. The van der Waals surface area contributed by atoms with E-state index in [0.29, 0.717) is 12.6 Å². The van der Waals surface area contributed by atoms with Gasteiger partial charge in [-0.05, 0) is 52.5 Å². The highest BCUT2D eigenvalue weighted by atomic mass is 79.9. The van der Waals surface area contributed by atoms with Crippen molar-refractivity contribution in [2.45, 2.75) is 39.5 Å². The van der Waals surface area contributed by atoms with Crippen LogP contribution in [-0.2, 0) is 13.2 Å². The predicted molar refractivity (Wildman–Crippen MR) is 98.1 cm³/mol. The first kappa shape index (κ1) is 17.8. The van der Waals surface area contributed by atoms with Crippen molar-refractivity contribution in [1.29, 1.82) is 0 Å². The van der Waals surface area contributed by atoms with Crippen LogP contribution < -0.4 is 14.8 Å². The van der Waals surface area contributed by atoms with Gasteiger partial charge in [-0.25, -0.2) is 0 Å². The number of methoxy groups -OCH3 is 1. The Bertz CT molecular complexity index is 616. The minimum Gasteiger partial charge on any atom is -0.493 e. The van der Waals surface area contributed by atoms with Gasteiger partial charge in [-0.3, -0.25) is 0 Å². The Hall–Kier alpha value is -1.52. The summed E-state index contributed by atoms with van der Waals surface area (Å²) >= 11 is 3.60. The molecule has 4 heteroatoms. The highest BCUT2D eigenvalue weighted by Crippen LogP contribution is 2.37. The lowest BCUT2D eigenvalue weighted by molar-refractivity contribution is 0.282. The maximum Gasteiger partial charge on any atom is 0.175 e. The Morgan fingerprint density at radius 1 is 1.13 bits per heavy atom. The summed E-state index contributed by atoms with van der Waals surface area (Å²) in [6.45, 7) is 5.68. The zero-order valence-electron chi connectivity index (χ0n) is 13.9. The second-order valence-electron chi connectivity index (χ2n) is 5.57. The molecule has 0 amide bonds. The van der Waals surface area contributed by atoms with Gasteiger partial charge in [0.2, 0.25) is 0 Å². The van der Waals surface area contributed by atoms with E-state index >= 15 is 0 Å². The van der Waals surface area contributed by atoms with Crippen LogP contribution in [0.4, 0.5) is 0 Å². The van der Waals surface area contributed by atoms with Crippen LogP contribution >= 0.6 is 15.9 Å². The topological polar surface area (TPSA) is 30.5 Å². The molecule has 0 unspecified atom stereocenters. The maximum atomic E-state index is 5.95. The summed E-state index contributed by atoms with van der Waals surface area (Å²) in [7, 11) is 1.67. The van der Waals surface area contributed by atoms with Gasteiger partial charge in [0.15, 0.2) is 11.5 Å². The van der Waals surface area contributed by atoms with E-state index in [1.807, 2.05) is 36.4 Å². The average Bonchev–Trinajstić information content (AvgIpc) is 2.59. The van der Waals surface area contributed by atoms with E-state index < -0.39 is 0 Å². The van der Waals surface area contributed by atoms with Gasteiger partial charge in [0.05, 0.1) is 11.6 Å². The molecule has 0 spiro atoms. The lowest BCUT2D eigenvalue weighted by atomic mass is 10.1. The molecule has 0 radical (unpaired) electrons. The van der Waals surface area contributed by atoms with Gasteiger partial charge in [-0.2, -0.15) is 0 Å². The molecule has 124 valence electrons. The Morgan fingerprint density at radius 2 is 1.87 bits per heavy atom. The molecule has 0 aliphatic heterocycles. The molecule has 0 fully saturated rings. The summed E-state index contributed by atoms with van der Waals surface area (Å²) in [6.07, 6.45) is 1.11. The first-order valence-corrected chi connectivity index (χ1v) is 8.69. The first-order valence-electron chi connectivity index (χ1n) is 7.90. The van der Waals surface area contributed by atoms with Crippen molar-refractivity contribution >= 4 is 15.9 Å². The van der Waals surface area contributed by atoms with Crippen LogP contribution in [-0.4, -0.2) is 13.2 Å². The molecule has 0 aliphatic rings. The van der Waals surface area contributed by atoms with Crippen molar-refractivity contribution in [2.24, 2.45) is 0 Å². The van der Waals surface area contributed by atoms with Gasteiger partial charge in [0, 0.05) is 12.6 Å². The molecule has 1 N–H and O–H groups in total. The molecule has 0 aromatic heterocycles. The standard InChI is InChI=1S/C19H24BrNO2/c1-4-14(2)21-12-16-10-17(20)19(18(11-16)22-3)23-13-15-8-6-5-7-9-15/h5-11,14,21H,4,12-13H2,1-3H3/t14-/m0/s1. The smallest absolute Gasteiger partial charge is 0.175 e. The van der Waals surface area contributed by atoms with Crippen LogP contribution in [0.2, 0.25) is 0 Å².